The van der Waals surface area contributed by atoms with Crippen molar-refractivity contribution in [3.05, 3.63) is 60.2 Å². The van der Waals surface area contributed by atoms with Crippen LogP contribution in [0.2, 0.25) is 0 Å². The zero-order valence-corrected chi connectivity index (χ0v) is 16.7. The molecule has 1 aromatic carbocycles. The molecule has 28 heavy (non-hydrogen) atoms. The van der Waals surface area contributed by atoms with E-state index in [1.807, 2.05) is 49.4 Å². The molecule has 0 saturated carbocycles. The SMILES string of the molecule is C[C@H](NC(=O)CSc1nnc(NCc2ccco2)s1)c1cc2ccccc2o1. The van der Waals surface area contributed by atoms with E-state index >= 15 is 0 Å². The Morgan fingerprint density at radius 1 is 1.25 bits per heavy atom. The summed E-state index contributed by atoms with van der Waals surface area (Å²) in [6.45, 7) is 2.45. The highest BCUT2D eigenvalue weighted by Crippen LogP contribution is 2.27. The van der Waals surface area contributed by atoms with Gasteiger partial charge in [0.25, 0.3) is 0 Å². The molecule has 1 amide bonds. The van der Waals surface area contributed by atoms with Gasteiger partial charge in [-0.3, -0.25) is 4.79 Å². The Labute approximate surface area is 169 Å². The van der Waals surface area contributed by atoms with Crippen molar-refractivity contribution in [1.29, 1.82) is 0 Å². The molecule has 0 spiro atoms. The van der Waals surface area contributed by atoms with Gasteiger partial charge in [0, 0.05) is 5.39 Å². The largest absolute Gasteiger partial charge is 0.467 e. The number of amides is 1. The number of nitrogens with one attached hydrogen (secondary N) is 2. The van der Waals surface area contributed by atoms with Gasteiger partial charge >= 0.3 is 0 Å². The zero-order valence-electron chi connectivity index (χ0n) is 15.0. The molecule has 0 fully saturated rings. The maximum Gasteiger partial charge on any atom is 0.231 e. The van der Waals surface area contributed by atoms with Gasteiger partial charge in [0.15, 0.2) is 4.34 Å². The van der Waals surface area contributed by atoms with E-state index in [1.54, 1.807) is 6.26 Å². The maximum atomic E-state index is 12.3. The fourth-order valence-electron chi connectivity index (χ4n) is 2.61. The zero-order chi connectivity index (χ0) is 19.3. The standard InChI is InChI=1S/C19H18N4O3S2/c1-12(16-9-13-5-2-3-7-15(13)26-16)21-17(24)11-27-19-23-22-18(28-19)20-10-14-6-4-8-25-14/h2-9,12H,10-11H2,1H3,(H,20,22)(H,21,24)/t12-/m0/s1. The first-order valence-electron chi connectivity index (χ1n) is 8.68. The van der Waals surface area contributed by atoms with Crippen LogP contribution < -0.4 is 10.6 Å². The van der Waals surface area contributed by atoms with Crippen molar-refractivity contribution in [2.24, 2.45) is 0 Å². The number of aromatic nitrogens is 2. The van der Waals surface area contributed by atoms with E-state index < -0.39 is 0 Å². The van der Waals surface area contributed by atoms with Crippen LogP contribution in [0.15, 0.2) is 61.9 Å². The second-order valence-corrected chi connectivity index (χ2v) is 8.27. The Balaban J connectivity index is 1.26. The van der Waals surface area contributed by atoms with Crippen molar-refractivity contribution in [2.45, 2.75) is 23.8 Å². The predicted molar refractivity (Wildman–Crippen MR) is 109 cm³/mol. The lowest BCUT2D eigenvalue weighted by Gasteiger charge is -2.10. The van der Waals surface area contributed by atoms with Crippen LogP contribution in [-0.2, 0) is 11.3 Å². The van der Waals surface area contributed by atoms with Crippen LogP contribution in [0, 0.1) is 0 Å². The molecule has 1 atom stereocenters. The summed E-state index contributed by atoms with van der Waals surface area (Å²) in [6, 6.07) is 13.3. The van der Waals surface area contributed by atoms with Gasteiger partial charge < -0.3 is 19.5 Å². The van der Waals surface area contributed by atoms with Crippen LogP contribution in [0.25, 0.3) is 11.0 Å². The van der Waals surface area contributed by atoms with Crippen LogP contribution in [0.4, 0.5) is 5.13 Å². The minimum atomic E-state index is -0.208. The van der Waals surface area contributed by atoms with Crippen molar-refractivity contribution in [3.8, 4) is 0 Å². The van der Waals surface area contributed by atoms with Crippen LogP contribution in [0.1, 0.15) is 24.5 Å². The fourth-order valence-corrected chi connectivity index (χ4v) is 4.17. The molecule has 0 aliphatic rings. The summed E-state index contributed by atoms with van der Waals surface area (Å²) in [6.07, 6.45) is 1.63. The van der Waals surface area contributed by atoms with Crippen LogP contribution >= 0.6 is 23.1 Å². The molecule has 4 rings (SSSR count). The summed E-state index contributed by atoms with van der Waals surface area (Å²) in [5, 5.41) is 16.0. The predicted octanol–water partition coefficient (Wildman–Crippen LogP) is 4.46. The van der Waals surface area contributed by atoms with Crippen molar-refractivity contribution >= 4 is 45.1 Å². The normalized spacial score (nSPS) is 12.2. The topological polar surface area (TPSA) is 93.2 Å². The van der Waals surface area contributed by atoms with Crippen molar-refractivity contribution < 1.29 is 13.6 Å². The molecule has 4 aromatic rings. The molecular formula is C19H18N4O3S2. The fraction of sp³-hybridized carbons (Fsp3) is 0.211. The highest BCUT2D eigenvalue weighted by atomic mass is 32.2. The summed E-state index contributed by atoms with van der Waals surface area (Å²) in [4.78, 5) is 12.3. The molecule has 0 unspecified atom stereocenters. The number of carbonyl (C=O) groups is 1. The number of hydrogen-bond donors (Lipinski definition) is 2. The summed E-state index contributed by atoms with van der Waals surface area (Å²) < 4.78 is 11.8. The molecule has 0 saturated heterocycles. The number of hydrogen-bond acceptors (Lipinski definition) is 8. The molecular weight excluding hydrogens is 396 g/mol. The average Bonchev–Trinajstić information content (AvgIpc) is 3.45. The molecule has 7 nitrogen and oxygen atoms in total. The van der Waals surface area contributed by atoms with E-state index in [-0.39, 0.29) is 17.7 Å². The van der Waals surface area contributed by atoms with Gasteiger partial charge in [-0.1, -0.05) is 41.3 Å². The van der Waals surface area contributed by atoms with Crippen molar-refractivity contribution in [3.63, 3.8) is 0 Å². The lowest BCUT2D eigenvalue weighted by molar-refractivity contribution is -0.119. The van der Waals surface area contributed by atoms with E-state index in [0.29, 0.717) is 11.7 Å². The van der Waals surface area contributed by atoms with Crippen LogP contribution in [-0.4, -0.2) is 21.9 Å². The number of nitrogens with zero attached hydrogens (tertiary/aromatic N) is 2. The Morgan fingerprint density at radius 2 is 2.14 bits per heavy atom. The second-order valence-electron chi connectivity index (χ2n) is 6.07. The van der Waals surface area contributed by atoms with Crippen LogP contribution in [0.3, 0.4) is 0 Å². The van der Waals surface area contributed by atoms with Gasteiger partial charge in [0.05, 0.1) is 24.6 Å². The first-order chi connectivity index (χ1) is 13.7. The number of thioether (sulfide) groups is 1. The quantitative estimate of drug-likeness (QED) is 0.411. The third-order valence-electron chi connectivity index (χ3n) is 3.98. The highest BCUT2D eigenvalue weighted by molar-refractivity contribution is 8.01. The molecule has 3 aromatic heterocycles. The highest BCUT2D eigenvalue weighted by Gasteiger charge is 2.15. The number of furan rings is 2. The minimum absolute atomic E-state index is 0.0850. The van der Waals surface area contributed by atoms with Gasteiger partial charge in [-0.15, -0.1) is 10.2 Å². The number of rotatable bonds is 8. The number of fused-ring (bicyclic) bond motifs is 1. The molecule has 144 valence electrons. The van der Waals surface area contributed by atoms with Gasteiger partial charge in [-0.25, -0.2) is 0 Å². The average molecular weight is 415 g/mol. The molecule has 3 heterocycles. The van der Waals surface area contributed by atoms with Gasteiger partial charge in [0.1, 0.15) is 17.1 Å². The number of anilines is 1. The number of benzene rings is 1. The third kappa shape index (κ3) is 4.55. The lowest BCUT2D eigenvalue weighted by atomic mass is 10.2. The van der Waals surface area contributed by atoms with E-state index in [0.717, 1.165) is 26.8 Å². The van der Waals surface area contributed by atoms with Gasteiger partial charge in [-0.05, 0) is 31.2 Å². The Morgan fingerprint density at radius 3 is 2.96 bits per heavy atom. The lowest BCUT2D eigenvalue weighted by Crippen LogP contribution is -2.27. The first kappa shape index (κ1) is 18.6. The second kappa shape index (κ2) is 8.49. The van der Waals surface area contributed by atoms with E-state index in [4.69, 9.17) is 8.83 Å². The molecule has 0 bridgehead atoms. The third-order valence-corrected chi connectivity index (χ3v) is 5.99. The van der Waals surface area contributed by atoms with Gasteiger partial charge in [-0.2, -0.15) is 0 Å². The Kier molecular flexibility index (Phi) is 5.63. The van der Waals surface area contributed by atoms with Crippen LogP contribution in [0.5, 0.6) is 0 Å². The van der Waals surface area contributed by atoms with E-state index in [9.17, 15) is 4.79 Å². The number of carbonyl (C=O) groups excluding carboxylic acids is 1. The molecule has 0 radical (unpaired) electrons. The molecule has 9 heteroatoms. The molecule has 0 aliphatic carbocycles. The minimum Gasteiger partial charge on any atom is -0.467 e. The summed E-state index contributed by atoms with van der Waals surface area (Å²) >= 11 is 2.76. The smallest absolute Gasteiger partial charge is 0.231 e. The summed E-state index contributed by atoms with van der Waals surface area (Å²) in [5.74, 6) is 1.73. The Hall–Kier alpha value is -2.78. The summed E-state index contributed by atoms with van der Waals surface area (Å²) in [5.41, 5.74) is 0.816. The number of para-hydroxylation sites is 1. The van der Waals surface area contributed by atoms with E-state index in [1.165, 1.54) is 23.1 Å². The van der Waals surface area contributed by atoms with Crippen molar-refractivity contribution in [2.75, 3.05) is 11.1 Å². The van der Waals surface area contributed by atoms with E-state index in [2.05, 4.69) is 20.8 Å². The maximum absolute atomic E-state index is 12.3. The van der Waals surface area contributed by atoms with Gasteiger partial charge in [0.2, 0.25) is 11.0 Å². The Bertz CT molecular complexity index is 1030. The molecule has 0 aliphatic heterocycles. The monoisotopic (exact) mass is 414 g/mol. The summed E-state index contributed by atoms with van der Waals surface area (Å²) in [7, 11) is 0. The first-order valence-corrected chi connectivity index (χ1v) is 10.5. The van der Waals surface area contributed by atoms with Crippen molar-refractivity contribution in [1.82, 2.24) is 15.5 Å². The molecule has 2 N–H and O–H groups in total.